The number of rotatable bonds is 5. The van der Waals surface area contributed by atoms with Crippen LogP contribution in [0.25, 0.3) is 0 Å². The third kappa shape index (κ3) is 3.71. The summed E-state index contributed by atoms with van der Waals surface area (Å²) >= 11 is 3.39. The number of hydrogen-bond donors (Lipinski definition) is 0. The van der Waals surface area contributed by atoms with Crippen LogP contribution in [-0.2, 0) is 9.53 Å². The molecule has 0 unspecified atom stereocenters. The molecule has 2 rings (SSSR count). The summed E-state index contributed by atoms with van der Waals surface area (Å²) < 4.78 is 5.84. The van der Waals surface area contributed by atoms with E-state index >= 15 is 0 Å². The Morgan fingerprint density at radius 1 is 1.53 bits per heavy atom. The van der Waals surface area contributed by atoms with Crippen molar-refractivity contribution in [3.63, 3.8) is 0 Å². The summed E-state index contributed by atoms with van der Waals surface area (Å²) in [5, 5.41) is 9.01. The van der Waals surface area contributed by atoms with Crippen molar-refractivity contribution < 1.29 is 9.53 Å². The average Bonchev–Trinajstić information content (AvgIpc) is 3.19. The molecule has 0 bridgehead atoms. The Balaban J connectivity index is 2.21. The van der Waals surface area contributed by atoms with E-state index in [0.29, 0.717) is 18.2 Å². The van der Waals surface area contributed by atoms with Gasteiger partial charge in [0.05, 0.1) is 18.2 Å². The van der Waals surface area contributed by atoms with Crippen LogP contribution in [0, 0.1) is 11.3 Å². The molecule has 100 valence electrons. The molecule has 0 amide bonds. The van der Waals surface area contributed by atoms with E-state index in [1.807, 2.05) is 17.0 Å². The maximum absolute atomic E-state index is 11.7. The van der Waals surface area contributed by atoms with E-state index in [-0.39, 0.29) is 12.5 Å². The lowest BCUT2D eigenvalue weighted by molar-refractivity contribution is -0.141. The van der Waals surface area contributed by atoms with Crippen LogP contribution in [0.1, 0.15) is 25.3 Å². The first-order chi connectivity index (χ1) is 9.13. The summed E-state index contributed by atoms with van der Waals surface area (Å²) in [5.74, 6) is -0.229. The van der Waals surface area contributed by atoms with E-state index in [9.17, 15) is 4.79 Å². The Kier molecular flexibility index (Phi) is 4.43. The van der Waals surface area contributed by atoms with Crippen LogP contribution in [0.4, 0.5) is 5.69 Å². The van der Waals surface area contributed by atoms with Crippen LogP contribution < -0.4 is 4.90 Å². The van der Waals surface area contributed by atoms with E-state index in [2.05, 4.69) is 22.0 Å². The van der Waals surface area contributed by atoms with Crippen molar-refractivity contribution in [2.45, 2.75) is 25.8 Å². The maximum Gasteiger partial charge on any atom is 0.325 e. The number of ether oxygens (including phenoxy) is 1. The predicted molar refractivity (Wildman–Crippen MR) is 75.9 cm³/mol. The van der Waals surface area contributed by atoms with Crippen LogP contribution in [0.15, 0.2) is 22.7 Å². The lowest BCUT2D eigenvalue weighted by atomic mass is 10.2. The molecule has 1 aliphatic rings. The van der Waals surface area contributed by atoms with Gasteiger partial charge in [0.25, 0.3) is 0 Å². The molecule has 4 nitrogen and oxygen atoms in total. The normalized spacial score (nSPS) is 13.7. The predicted octanol–water partition coefficient (Wildman–Crippen LogP) is 2.85. The number of benzene rings is 1. The van der Waals surface area contributed by atoms with Gasteiger partial charge in [-0.05, 0) is 38.0 Å². The van der Waals surface area contributed by atoms with Gasteiger partial charge in [-0.25, -0.2) is 0 Å². The van der Waals surface area contributed by atoms with Crippen molar-refractivity contribution in [2.24, 2.45) is 0 Å². The Bertz CT molecular complexity index is 521. The van der Waals surface area contributed by atoms with Gasteiger partial charge >= 0.3 is 5.97 Å². The summed E-state index contributed by atoms with van der Waals surface area (Å²) in [6, 6.07) is 8.01. The number of anilines is 1. The molecule has 0 heterocycles. The first-order valence-corrected chi connectivity index (χ1v) is 7.06. The lowest BCUT2D eigenvalue weighted by Crippen LogP contribution is -2.33. The van der Waals surface area contributed by atoms with E-state index in [1.54, 1.807) is 13.0 Å². The third-order valence-electron chi connectivity index (χ3n) is 2.94. The monoisotopic (exact) mass is 322 g/mol. The summed E-state index contributed by atoms with van der Waals surface area (Å²) in [5.41, 5.74) is 1.47. The highest BCUT2D eigenvalue weighted by molar-refractivity contribution is 9.10. The van der Waals surface area contributed by atoms with Gasteiger partial charge in [-0.3, -0.25) is 4.79 Å². The molecule has 1 aromatic carbocycles. The lowest BCUT2D eigenvalue weighted by Gasteiger charge is -2.24. The van der Waals surface area contributed by atoms with Gasteiger partial charge < -0.3 is 9.64 Å². The number of esters is 1. The molecule has 0 aliphatic heterocycles. The molecule has 0 saturated heterocycles. The number of carbonyl (C=O) groups excluding carboxylic acids is 1. The summed E-state index contributed by atoms with van der Waals surface area (Å²) in [6.07, 6.45) is 2.15. The molecule has 19 heavy (non-hydrogen) atoms. The molecular formula is C14H15BrN2O2. The molecule has 1 aromatic rings. The van der Waals surface area contributed by atoms with E-state index in [0.717, 1.165) is 23.0 Å². The van der Waals surface area contributed by atoms with E-state index < -0.39 is 0 Å². The van der Waals surface area contributed by atoms with Crippen molar-refractivity contribution in [1.29, 1.82) is 5.26 Å². The van der Waals surface area contributed by atoms with Gasteiger partial charge in [0.2, 0.25) is 0 Å². The fourth-order valence-electron chi connectivity index (χ4n) is 1.97. The molecule has 0 spiro atoms. The van der Waals surface area contributed by atoms with Crippen molar-refractivity contribution in [3.05, 3.63) is 28.2 Å². The standard InChI is InChI=1S/C14H15BrN2O2/c1-2-19-14(18)9-17(12-3-4-12)13-6-10(8-16)5-11(15)7-13/h5-7,12H,2-4,9H2,1H3. The van der Waals surface area contributed by atoms with Crippen molar-refractivity contribution in [2.75, 3.05) is 18.1 Å². The molecule has 1 fully saturated rings. The average molecular weight is 323 g/mol. The summed E-state index contributed by atoms with van der Waals surface area (Å²) in [7, 11) is 0. The number of nitriles is 1. The maximum atomic E-state index is 11.7. The number of hydrogen-bond acceptors (Lipinski definition) is 4. The third-order valence-corrected chi connectivity index (χ3v) is 3.39. The minimum atomic E-state index is -0.229. The Labute approximate surface area is 121 Å². The highest BCUT2D eigenvalue weighted by atomic mass is 79.9. The second kappa shape index (κ2) is 6.07. The smallest absolute Gasteiger partial charge is 0.325 e. The molecule has 0 aromatic heterocycles. The SMILES string of the molecule is CCOC(=O)CN(c1cc(Br)cc(C#N)c1)C1CC1. The molecule has 0 radical (unpaired) electrons. The fourth-order valence-corrected chi connectivity index (χ4v) is 2.45. The van der Waals surface area contributed by atoms with Gasteiger partial charge in [-0.15, -0.1) is 0 Å². The molecule has 0 atom stereocenters. The van der Waals surface area contributed by atoms with Crippen LogP contribution in [-0.4, -0.2) is 25.2 Å². The highest BCUT2D eigenvalue weighted by Crippen LogP contribution is 2.33. The summed E-state index contributed by atoms with van der Waals surface area (Å²) in [6.45, 7) is 2.42. The molecule has 0 N–H and O–H groups in total. The molecular weight excluding hydrogens is 308 g/mol. The zero-order valence-corrected chi connectivity index (χ0v) is 12.3. The van der Waals surface area contributed by atoms with Gasteiger partial charge in [0, 0.05) is 16.2 Å². The zero-order chi connectivity index (χ0) is 13.8. The fraction of sp³-hybridized carbons (Fsp3) is 0.429. The van der Waals surface area contributed by atoms with Crippen molar-refractivity contribution >= 4 is 27.6 Å². The largest absolute Gasteiger partial charge is 0.465 e. The molecule has 1 aliphatic carbocycles. The molecule has 5 heteroatoms. The Morgan fingerprint density at radius 3 is 2.84 bits per heavy atom. The first-order valence-electron chi connectivity index (χ1n) is 6.27. The van der Waals surface area contributed by atoms with E-state index in [1.165, 1.54) is 0 Å². The minimum absolute atomic E-state index is 0.229. The topological polar surface area (TPSA) is 53.3 Å². The first kappa shape index (κ1) is 13.9. The zero-order valence-electron chi connectivity index (χ0n) is 10.7. The van der Waals surface area contributed by atoms with Crippen molar-refractivity contribution in [1.82, 2.24) is 0 Å². The van der Waals surface area contributed by atoms with E-state index in [4.69, 9.17) is 10.00 Å². The van der Waals surface area contributed by atoms with Crippen LogP contribution >= 0.6 is 15.9 Å². The van der Waals surface area contributed by atoms with Gasteiger partial charge in [-0.2, -0.15) is 5.26 Å². The second-order valence-electron chi connectivity index (χ2n) is 4.47. The highest BCUT2D eigenvalue weighted by Gasteiger charge is 2.31. The molecule has 1 saturated carbocycles. The Hall–Kier alpha value is -1.54. The van der Waals surface area contributed by atoms with Crippen molar-refractivity contribution in [3.8, 4) is 6.07 Å². The number of halogens is 1. The summed E-state index contributed by atoms with van der Waals surface area (Å²) in [4.78, 5) is 13.7. The second-order valence-corrected chi connectivity index (χ2v) is 5.39. The number of nitrogens with zero attached hydrogens (tertiary/aromatic N) is 2. The quantitative estimate of drug-likeness (QED) is 0.782. The van der Waals surface area contributed by atoms with Gasteiger partial charge in [0.1, 0.15) is 6.54 Å². The van der Waals surface area contributed by atoms with Crippen LogP contribution in [0.2, 0.25) is 0 Å². The Morgan fingerprint density at radius 2 is 2.26 bits per heavy atom. The van der Waals surface area contributed by atoms with Crippen LogP contribution in [0.5, 0.6) is 0 Å². The van der Waals surface area contributed by atoms with Gasteiger partial charge in [0.15, 0.2) is 0 Å². The van der Waals surface area contributed by atoms with Gasteiger partial charge in [-0.1, -0.05) is 15.9 Å². The van der Waals surface area contributed by atoms with Crippen LogP contribution in [0.3, 0.4) is 0 Å². The number of carbonyl (C=O) groups is 1. The minimum Gasteiger partial charge on any atom is -0.465 e.